The molecule has 5 nitrogen and oxygen atoms in total. The Kier molecular flexibility index (Phi) is 6.08. The highest BCUT2D eigenvalue weighted by Crippen LogP contribution is 2.30. The molecule has 1 heterocycles. The normalized spacial score (nSPS) is 17.7. The van der Waals surface area contributed by atoms with Crippen molar-refractivity contribution in [3.05, 3.63) is 59.7 Å². The Hall–Kier alpha value is -2.74. The van der Waals surface area contributed by atoms with Crippen LogP contribution in [-0.4, -0.2) is 50.3 Å². The van der Waals surface area contributed by atoms with Gasteiger partial charge in [-0.25, -0.2) is 0 Å². The second-order valence-electron chi connectivity index (χ2n) is 6.32. The van der Waals surface area contributed by atoms with E-state index in [0.717, 1.165) is 12.1 Å². The highest BCUT2D eigenvalue weighted by atomic mass is 19.4. The largest absolute Gasteiger partial charge is 0.497 e. The molecule has 0 bridgehead atoms. The van der Waals surface area contributed by atoms with Crippen LogP contribution in [0.4, 0.5) is 13.2 Å². The highest BCUT2D eigenvalue weighted by Gasteiger charge is 2.30. The minimum atomic E-state index is -4.40. The van der Waals surface area contributed by atoms with Crippen LogP contribution < -0.4 is 9.47 Å². The van der Waals surface area contributed by atoms with Crippen LogP contribution in [0, 0.1) is 0 Å². The van der Waals surface area contributed by atoms with E-state index in [1.807, 2.05) is 0 Å². The maximum atomic E-state index is 12.8. The number of hydrogen-bond acceptors (Lipinski definition) is 4. The number of carbonyl (C=O) groups excluding carboxylic acids is 1. The standard InChI is InChI=1S/C20H20F3NO4/c1-26-17-4-2-3-14(11-17)19(25)24-9-10-27-13-18(12-24)28-16-7-5-15(6-8-16)20(21,22)23/h2-8,11,18H,9-10,12-13H2,1H3/t18-/m1/s1. The number of benzene rings is 2. The highest BCUT2D eigenvalue weighted by molar-refractivity contribution is 5.94. The molecule has 150 valence electrons. The molecule has 1 amide bonds. The van der Waals surface area contributed by atoms with Crippen molar-refractivity contribution in [2.75, 3.05) is 33.4 Å². The number of methoxy groups -OCH3 is 1. The second kappa shape index (κ2) is 8.52. The zero-order chi connectivity index (χ0) is 20.1. The fourth-order valence-corrected chi connectivity index (χ4v) is 2.89. The third-order valence-electron chi connectivity index (χ3n) is 4.32. The number of halogens is 3. The summed E-state index contributed by atoms with van der Waals surface area (Å²) in [7, 11) is 1.53. The van der Waals surface area contributed by atoms with Crippen molar-refractivity contribution in [1.82, 2.24) is 4.90 Å². The summed E-state index contributed by atoms with van der Waals surface area (Å²) in [6, 6.07) is 11.3. The Bertz CT molecular complexity index is 808. The predicted octanol–water partition coefficient (Wildman–Crippen LogP) is 3.63. The van der Waals surface area contributed by atoms with E-state index in [1.54, 1.807) is 29.2 Å². The van der Waals surface area contributed by atoms with E-state index >= 15 is 0 Å². The van der Waals surface area contributed by atoms with Gasteiger partial charge in [-0.2, -0.15) is 13.2 Å². The van der Waals surface area contributed by atoms with Gasteiger partial charge in [0.15, 0.2) is 0 Å². The summed E-state index contributed by atoms with van der Waals surface area (Å²) in [5.74, 6) is 0.678. The molecule has 1 fully saturated rings. The van der Waals surface area contributed by atoms with Gasteiger partial charge in [-0.15, -0.1) is 0 Å². The van der Waals surface area contributed by atoms with E-state index in [-0.39, 0.29) is 24.8 Å². The SMILES string of the molecule is COc1cccc(C(=O)N2CCOC[C@H](Oc3ccc(C(F)(F)F)cc3)C2)c1. The molecule has 0 radical (unpaired) electrons. The first kappa shape index (κ1) is 20.0. The molecule has 0 N–H and O–H groups in total. The predicted molar refractivity (Wildman–Crippen MR) is 95.6 cm³/mol. The van der Waals surface area contributed by atoms with Crippen molar-refractivity contribution in [3.63, 3.8) is 0 Å². The van der Waals surface area contributed by atoms with E-state index in [4.69, 9.17) is 14.2 Å². The molecular formula is C20H20F3NO4. The molecule has 3 rings (SSSR count). The molecule has 0 aromatic heterocycles. The number of alkyl halides is 3. The zero-order valence-corrected chi connectivity index (χ0v) is 15.2. The number of nitrogens with zero attached hydrogens (tertiary/aromatic N) is 1. The van der Waals surface area contributed by atoms with E-state index in [9.17, 15) is 18.0 Å². The maximum absolute atomic E-state index is 12.8. The van der Waals surface area contributed by atoms with Crippen LogP contribution in [0.25, 0.3) is 0 Å². The van der Waals surface area contributed by atoms with Crippen LogP contribution in [0.15, 0.2) is 48.5 Å². The number of rotatable bonds is 4. The average molecular weight is 395 g/mol. The third-order valence-corrected chi connectivity index (χ3v) is 4.32. The van der Waals surface area contributed by atoms with Gasteiger partial charge in [0.2, 0.25) is 0 Å². The van der Waals surface area contributed by atoms with E-state index in [0.29, 0.717) is 24.5 Å². The van der Waals surface area contributed by atoms with Crippen LogP contribution in [0.5, 0.6) is 11.5 Å². The fourth-order valence-electron chi connectivity index (χ4n) is 2.89. The molecule has 1 aliphatic heterocycles. The number of carbonyl (C=O) groups is 1. The van der Waals surface area contributed by atoms with Gasteiger partial charge >= 0.3 is 6.18 Å². The summed E-state index contributed by atoms with van der Waals surface area (Å²) < 4.78 is 54.4. The molecule has 2 aromatic rings. The molecule has 8 heteroatoms. The molecule has 0 saturated carbocycles. The van der Waals surface area contributed by atoms with Crippen LogP contribution in [0.1, 0.15) is 15.9 Å². The summed E-state index contributed by atoms with van der Waals surface area (Å²) in [6.07, 6.45) is -4.89. The lowest BCUT2D eigenvalue weighted by atomic mass is 10.1. The molecule has 1 aliphatic rings. The number of hydrogen-bond donors (Lipinski definition) is 0. The summed E-state index contributed by atoms with van der Waals surface area (Å²) >= 11 is 0. The minimum Gasteiger partial charge on any atom is -0.497 e. The summed E-state index contributed by atoms with van der Waals surface area (Å²) in [4.78, 5) is 14.4. The second-order valence-corrected chi connectivity index (χ2v) is 6.32. The van der Waals surface area contributed by atoms with Gasteiger partial charge in [-0.3, -0.25) is 4.79 Å². The van der Waals surface area contributed by atoms with Gasteiger partial charge in [0, 0.05) is 12.1 Å². The van der Waals surface area contributed by atoms with Gasteiger partial charge in [0.05, 0.1) is 32.4 Å². The molecular weight excluding hydrogens is 375 g/mol. The lowest BCUT2D eigenvalue weighted by molar-refractivity contribution is -0.137. The quantitative estimate of drug-likeness (QED) is 0.793. The van der Waals surface area contributed by atoms with Crippen molar-refractivity contribution in [3.8, 4) is 11.5 Å². The van der Waals surface area contributed by atoms with Crippen LogP contribution in [-0.2, 0) is 10.9 Å². The molecule has 0 aliphatic carbocycles. The zero-order valence-electron chi connectivity index (χ0n) is 15.2. The molecule has 2 aromatic carbocycles. The monoisotopic (exact) mass is 395 g/mol. The summed E-state index contributed by atoms with van der Waals surface area (Å²) in [6.45, 7) is 1.24. The van der Waals surface area contributed by atoms with Crippen molar-refractivity contribution in [2.45, 2.75) is 12.3 Å². The van der Waals surface area contributed by atoms with E-state index in [1.165, 1.54) is 19.2 Å². The first-order valence-corrected chi connectivity index (χ1v) is 8.72. The van der Waals surface area contributed by atoms with Crippen molar-refractivity contribution < 1.29 is 32.2 Å². The smallest absolute Gasteiger partial charge is 0.416 e. The van der Waals surface area contributed by atoms with Crippen LogP contribution in [0.2, 0.25) is 0 Å². The number of amides is 1. The van der Waals surface area contributed by atoms with Crippen molar-refractivity contribution in [1.29, 1.82) is 0 Å². The first-order valence-electron chi connectivity index (χ1n) is 8.72. The summed E-state index contributed by atoms with van der Waals surface area (Å²) in [5.41, 5.74) is -0.263. The molecule has 0 unspecified atom stereocenters. The maximum Gasteiger partial charge on any atom is 0.416 e. The van der Waals surface area contributed by atoms with Gasteiger partial charge in [-0.05, 0) is 42.5 Å². The lowest BCUT2D eigenvalue weighted by Gasteiger charge is -2.24. The van der Waals surface area contributed by atoms with Gasteiger partial charge in [0.1, 0.15) is 17.6 Å². The van der Waals surface area contributed by atoms with Gasteiger partial charge in [-0.1, -0.05) is 6.07 Å². The Morgan fingerprint density at radius 1 is 1.14 bits per heavy atom. The first-order chi connectivity index (χ1) is 13.4. The Labute approximate surface area is 160 Å². The van der Waals surface area contributed by atoms with Gasteiger partial charge < -0.3 is 19.1 Å². The fraction of sp³-hybridized carbons (Fsp3) is 0.350. The van der Waals surface area contributed by atoms with Crippen molar-refractivity contribution in [2.24, 2.45) is 0 Å². The van der Waals surface area contributed by atoms with Crippen LogP contribution in [0.3, 0.4) is 0 Å². The minimum absolute atomic E-state index is 0.189. The molecule has 1 saturated heterocycles. The van der Waals surface area contributed by atoms with E-state index in [2.05, 4.69) is 0 Å². The molecule has 1 atom stereocenters. The Balaban J connectivity index is 1.68. The van der Waals surface area contributed by atoms with Crippen molar-refractivity contribution >= 4 is 5.91 Å². The molecule has 0 spiro atoms. The lowest BCUT2D eigenvalue weighted by Crippen LogP contribution is -2.40. The van der Waals surface area contributed by atoms with E-state index < -0.39 is 17.8 Å². The topological polar surface area (TPSA) is 48.0 Å². The summed E-state index contributed by atoms with van der Waals surface area (Å²) in [5, 5.41) is 0. The Morgan fingerprint density at radius 3 is 2.57 bits per heavy atom. The average Bonchev–Trinajstić information content (AvgIpc) is 2.93. The van der Waals surface area contributed by atoms with Gasteiger partial charge in [0.25, 0.3) is 5.91 Å². The molecule has 28 heavy (non-hydrogen) atoms. The third kappa shape index (κ3) is 4.95. The number of ether oxygens (including phenoxy) is 3. The Morgan fingerprint density at radius 2 is 1.89 bits per heavy atom. The van der Waals surface area contributed by atoms with Crippen LogP contribution >= 0.6 is 0 Å².